The number of hydrogen-bond donors (Lipinski definition) is 2. The summed E-state index contributed by atoms with van der Waals surface area (Å²) in [5.74, 6) is 0.163. The summed E-state index contributed by atoms with van der Waals surface area (Å²) < 4.78 is 5.73. The Bertz CT molecular complexity index is 1090. The Balaban J connectivity index is 0.00000554. The highest BCUT2D eigenvalue weighted by atomic mass is 16.5. The monoisotopic (exact) mass is 679 g/mol. The molecule has 49 heavy (non-hydrogen) atoms. The Morgan fingerprint density at radius 1 is 0.531 bits per heavy atom. The minimum absolute atomic E-state index is 0. The van der Waals surface area contributed by atoms with Gasteiger partial charge in [0.05, 0.1) is 12.8 Å². The topological polar surface area (TPSA) is 98.9 Å². The van der Waals surface area contributed by atoms with Gasteiger partial charge < -0.3 is 20.8 Å². The lowest BCUT2D eigenvalue weighted by Crippen LogP contribution is -2.26. The van der Waals surface area contributed by atoms with Crippen molar-refractivity contribution in [3.63, 3.8) is 0 Å². The molecule has 0 saturated heterocycles. The molecule has 0 bridgehead atoms. The maximum atomic E-state index is 12.4. The largest absolute Gasteiger partial charge is 0.412 e. The van der Waals surface area contributed by atoms with Crippen LogP contribution < -0.4 is 10.6 Å². The van der Waals surface area contributed by atoms with Crippen LogP contribution in [0.3, 0.4) is 0 Å². The van der Waals surface area contributed by atoms with Gasteiger partial charge in [0.2, 0.25) is 11.8 Å². The summed E-state index contributed by atoms with van der Waals surface area (Å²) in [7, 11) is 0. The highest BCUT2D eigenvalue weighted by Gasteiger charge is 2.06. The molecule has 2 rings (SSSR count). The lowest BCUT2D eigenvalue weighted by molar-refractivity contribution is -0.121. The van der Waals surface area contributed by atoms with E-state index in [1.165, 1.54) is 101 Å². The van der Waals surface area contributed by atoms with Gasteiger partial charge in [-0.05, 0) is 47.9 Å². The van der Waals surface area contributed by atoms with E-state index in [4.69, 9.17) is 4.74 Å². The van der Waals surface area contributed by atoms with Gasteiger partial charge >= 0.3 is 0 Å². The first-order valence-electron chi connectivity index (χ1n) is 19.1. The van der Waals surface area contributed by atoms with E-state index in [0.29, 0.717) is 26.0 Å². The van der Waals surface area contributed by atoms with Crippen LogP contribution in [0.15, 0.2) is 67.4 Å². The summed E-state index contributed by atoms with van der Waals surface area (Å²) in [5, 5.41) is 6.09. The molecule has 2 amide bonds. The van der Waals surface area contributed by atoms with E-state index < -0.39 is 0 Å². The van der Waals surface area contributed by atoms with Crippen LogP contribution in [0.5, 0.6) is 0 Å². The molecule has 276 valence electrons. The Hall–Kier alpha value is -3.18. The summed E-state index contributed by atoms with van der Waals surface area (Å²) in [5.41, 5.74) is 6.75. The molecular formula is C43H70N2O4. The third-order valence-corrected chi connectivity index (χ3v) is 8.47. The van der Waals surface area contributed by atoms with E-state index >= 15 is 0 Å². The van der Waals surface area contributed by atoms with Crippen LogP contribution in [0.2, 0.25) is 0 Å². The van der Waals surface area contributed by atoms with Gasteiger partial charge in [0, 0.05) is 26.3 Å². The van der Waals surface area contributed by atoms with Crippen LogP contribution in [-0.2, 0) is 33.6 Å². The molecule has 4 N–H and O–H groups in total. The molecule has 0 atom stereocenters. The number of hydrogen-bond acceptors (Lipinski definition) is 3. The molecule has 0 unspecified atom stereocenters. The van der Waals surface area contributed by atoms with Crippen molar-refractivity contribution < 1.29 is 19.8 Å². The van der Waals surface area contributed by atoms with E-state index in [1.807, 2.05) is 12.1 Å². The smallest absolute Gasteiger partial charge is 0.224 e. The van der Waals surface area contributed by atoms with Crippen molar-refractivity contribution in [2.24, 2.45) is 0 Å². The molecule has 0 spiro atoms. The summed E-state index contributed by atoms with van der Waals surface area (Å²) in [4.78, 5) is 24.7. The number of nitrogens with one attached hydrogen (secondary N) is 2. The zero-order chi connectivity index (χ0) is 34.9. The van der Waals surface area contributed by atoms with Gasteiger partial charge in [0.25, 0.3) is 0 Å². The van der Waals surface area contributed by atoms with Crippen molar-refractivity contribution in [2.75, 3.05) is 26.3 Å². The van der Waals surface area contributed by atoms with Crippen molar-refractivity contribution in [2.45, 2.75) is 142 Å². The van der Waals surface area contributed by atoms with E-state index in [1.54, 1.807) is 0 Å². The molecule has 0 aliphatic heterocycles. The molecule has 0 fully saturated rings. The minimum Gasteiger partial charge on any atom is -0.412 e. The molecule has 0 aliphatic rings. The molecule has 0 aliphatic carbocycles. The number of rotatable bonds is 28. The summed E-state index contributed by atoms with van der Waals surface area (Å²) in [6, 6.07) is 16.7. The fourth-order valence-corrected chi connectivity index (χ4v) is 5.61. The second-order valence-corrected chi connectivity index (χ2v) is 13.0. The van der Waals surface area contributed by atoms with Crippen LogP contribution in [0.1, 0.15) is 145 Å². The van der Waals surface area contributed by atoms with Crippen molar-refractivity contribution >= 4 is 11.8 Å². The standard InChI is InChI=1S/C40H64N2O3.C3H4.H2O/c1-3-5-7-9-11-13-15-17-28-41-39(43)33-37-24-20-35(21-25-37)32-36-22-26-38(27-23-36)34-40(44)42-29-19-31-45-30-18-16-14-12-10-8-6-4-2;1-3-2;/h20-27H,3-19,28-34H2,1-2H3,(H,41,43)(H,42,44);1-2H2;1H2. The lowest BCUT2D eigenvalue weighted by Gasteiger charge is -2.08. The van der Waals surface area contributed by atoms with Gasteiger partial charge in [-0.25, -0.2) is 0 Å². The molecule has 6 nitrogen and oxygen atoms in total. The molecule has 0 aromatic heterocycles. The second-order valence-electron chi connectivity index (χ2n) is 13.0. The quantitative estimate of drug-likeness (QED) is 0.0693. The van der Waals surface area contributed by atoms with Gasteiger partial charge in [-0.3, -0.25) is 9.59 Å². The summed E-state index contributed by atoms with van der Waals surface area (Å²) >= 11 is 0. The summed E-state index contributed by atoms with van der Waals surface area (Å²) in [6.45, 7) is 13.7. The third kappa shape index (κ3) is 27.3. The maximum absolute atomic E-state index is 12.4. The Morgan fingerprint density at radius 3 is 1.29 bits per heavy atom. The third-order valence-electron chi connectivity index (χ3n) is 8.47. The number of ether oxygens (including phenoxy) is 1. The van der Waals surface area contributed by atoms with Crippen LogP contribution in [-0.4, -0.2) is 43.6 Å². The predicted octanol–water partition coefficient (Wildman–Crippen LogP) is 9.42. The van der Waals surface area contributed by atoms with Gasteiger partial charge in [-0.1, -0.05) is 165 Å². The SMILES string of the molecule is C=C=C.CCCCCCCCCCNC(=O)Cc1ccc(Cc2ccc(CC(=O)NCCCOCCCCCCCCCC)cc2)cc1.O. The van der Waals surface area contributed by atoms with Crippen molar-refractivity contribution in [1.82, 2.24) is 10.6 Å². The Labute approximate surface area is 299 Å². The fourth-order valence-electron chi connectivity index (χ4n) is 5.61. The predicted molar refractivity (Wildman–Crippen MR) is 208 cm³/mol. The molecule has 0 saturated carbocycles. The number of benzene rings is 2. The summed E-state index contributed by atoms with van der Waals surface area (Å²) in [6.07, 6.45) is 23.2. The highest BCUT2D eigenvalue weighted by Crippen LogP contribution is 2.14. The Morgan fingerprint density at radius 2 is 0.857 bits per heavy atom. The van der Waals surface area contributed by atoms with E-state index in [0.717, 1.165) is 50.0 Å². The number of carbonyl (C=O) groups is 2. The van der Waals surface area contributed by atoms with Crippen LogP contribution in [0.25, 0.3) is 0 Å². The maximum Gasteiger partial charge on any atom is 0.224 e. The highest BCUT2D eigenvalue weighted by molar-refractivity contribution is 5.79. The normalized spacial score (nSPS) is 10.3. The first-order chi connectivity index (χ1) is 23.5. The first-order valence-corrected chi connectivity index (χ1v) is 19.1. The molecular weight excluding hydrogens is 608 g/mol. The zero-order valence-corrected chi connectivity index (χ0v) is 31.2. The molecule has 0 heterocycles. The van der Waals surface area contributed by atoms with E-state index in [9.17, 15) is 9.59 Å². The lowest BCUT2D eigenvalue weighted by atomic mass is 10.0. The van der Waals surface area contributed by atoms with Gasteiger partial charge in [0.1, 0.15) is 0 Å². The zero-order valence-electron chi connectivity index (χ0n) is 31.2. The average Bonchev–Trinajstić information content (AvgIpc) is 3.08. The van der Waals surface area contributed by atoms with E-state index in [2.05, 4.69) is 79.8 Å². The molecule has 6 heteroatoms. The Kier molecular flexibility index (Phi) is 31.2. The van der Waals surface area contributed by atoms with Crippen molar-refractivity contribution in [3.8, 4) is 0 Å². The van der Waals surface area contributed by atoms with Crippen molar-refractivity contribution in [3.05, 3.63) is 89.7 Å². The molecule has 0 radical (unpaired) electrons. The van der Waals surface area contributed by atoms with Gasteiger partial charge in [-0.15, -0.1) is 5.73 Å². The minimum atomic E-state index is 0. The number of amides is 2. The fraction of sp³-hybridized carbons (Fsp3) is 0.605. The number of carbonyl (C=O) groups excluding carboxylic acids is 2. The van der Waals surface area contributed by atoms with Gasteiger partial charge in [-0.2, -0.15) is 0 Å². The van der Waals surface area contributed by atoms with Crippen LogP contribution in [0, 0.1) is 0 Å². The first kappa shape index (κ1) is 45.8. The van der Waals surface area contributed by atoms with Crippen LogP contribution >= 0.6 is 0 Å². The van der Waals surface area contributed by atoms with Gasteiger partial charge in [0.15, 0.2) is 0 Å². The van der Waals surface area contributed by atoms with Crippen LogP contribution in [0.4, 0.5) is 0 Å². The van der Waals surface area contributed by atoms with Crippen molar-refractivity contribution in [1.29, 1.82) is 0 Å². The second kappa shape index (κ2) is 33.3. The molecule has 2 aromatic carbocycles. The van der Waals surface area contributed by atoms with E-state index in [-0.39, 0.29) is 17.3 Å². The molecule has 2 aromatic rings. The average molecular weight is 679 g/mol. The number of unbranched alkanes of at least 4 members (excludes halogenated alkanes) is 14.